The van der Waals surface area contributed by atoms with Crippen LogP contribution in [0, 0.1) is 23.7 Å². The van der Waals surface area contributed by atoms with Gasteiger partial charge in [-0.05, 0) is 57.0 Å². The lowest BCUT2D eigenvalue weighted by Crippen LogP contribution is -2.50. The number of ketones is 1. The largest absolute Gasteiger partial charge is 0.360 e. The highest BCUT2D eigenvalue weighted by Gasteiger charge is 2.65. The molecule has 1 N–H and O–H groups in total. The van der Waals surface area contributed by atoms with E-state index in [0.717, 1.165) is 32.4 Å². The van der Waals surface area contributed by atoms with Crippen molar-refractivity contribution in [3.63, 3.8) is 0 Å². The SMILES string of the molecule is Cc1cc(NC(=O)CN(CCN2CCCCC2)S(=O)(=O)CC23CCC(CC2=O)C3(C)C)no1. The second-order valence-electron chi connectivity index (χ2n) is 10.5. The topological polar surface area (TPSA) is 113 Å². The first-order chi connectivity index (χ1) is 15.5. The Labute approximate surface area is 196 Å². The Morgan fingerprint density at radius 3 is 2.61 bits per heavy atom. The van der Waals surface area contributed by atoms with Gasteiger partial charge in [0.25, 0.3) is 0 Å². The molecule has 2 unspecified atom stereocenters. The molecule has 1 aromatic rings. The van der Waals surface area contributed by atoms with Crippen LogP contribution >= 0.6 is 0 Å². The molecule has 0 radical (unpaired) electrons. The van der Waals surface area contributed by atoms with Gasteiger partial charge in [-0.3, -0.25) is 9.59 Å². The molecule has 1 aliphatic heterocycles. The lowest BCUT2D eigenvalue weighted by Gasteiger charge is -2.38. The zero-order valence-corrected chi connectivity index (χ0v) is 20.7. The molecule has 1 saturated heterocycles. The van der Waals surface area contributed by atoms with Crippen molar-refractivity contribution >= 4 is 27.5 Å². The van der Waals surface area contributed by atoms with E-state index in [1.807, 2.05) is 13.8 Å². The van der Waals surface area contributed by atoms with Crippen LogP contribution in [-0.4, -0.2) is 72.9 Å². The van der Waals surface area contributed by atoms with Crippen LogP contribution < -0.4 is 5.32 Å². The lowest BCUT2D eigenvalue weighted by molar-refractivity contribution is -0.128. The van der Waals surface area contributed by atoms with Gasteiger partial charge >= 0.3 is 0 Å². The van der Waals surface area contributed by atoms with Crippen LogP contribution in [0.5, 0.6) is 0 Å². The number of hydrogen-bond acceptors (Lipinski definition) is 7. The van der Waals surface area contributed by atoms with E-state index in [1.165, 1.54) is 10.7 Å². The maximum Gasteiger partial charge on any atom is 0.240 e. The Kier molecular flexibility index (Phi) is 6.72. The van der Waals surface area contributed by atoms with Crippen LogP contribution in [0.3, 0.4) is 0 Å². The molecule has 2 aliphatic carbocycles. The molecule has 9 nitrogen and oxygen atoms in total. The third-order valence-corrected chi connectivity index (χ3v) is 10.2. The predicted molar refractivity (Wildman–Crippen MR) is 124 cm³/mol. The van der Waals surface area contributed by atoms with Crippen LogP contribution in [0.25, 0.3) is 0 Å². The van der Waals surface area contributed by atoms with Crippen molar-refractivity contribution in [1.29, 1.82) is 0 Å². The highest BCUT2D eigenvalue weighted by molar-refractivity contribution is 7.89. The molecule has 184 valence electrons. The highest BCUT2D eigenvalue weighted by atomic mass is 32.2. The molecule has 4 rings (SSSR count). The lowest BCUT2D eigenvalue weighted by atomic mass is 9.70. The molecule has 0 aromatic carbocycles. The fourth-order valence-corrected chi connectivity index (χ4v) is 8.19. The van der Waals surface area contributed by atoms with Crippen molar-refractivity contribution in [1.82, 2.24) is 14.4 Å². The number of carbonyl (C=O) groups excluding carboxylic acids is 2. The minimum Gasteiger partial charge on any atom is -0.360 e. The fourth-order valence-electron chi connectivity index (χ4n) is 6.03. The number of rotatable bonds is 9. The summed E-state index contributed by atoms with van der Waals surface area (Å²) in [6, 6.07) is 1.59. The van der Waals surface area contributed by atoms with Crippen LogP contribution in [0.4, 0.5) is 5.82 Å². The Morgan fingerprint density at radius 2 is 2.03 bits per heavy atom. The van der Waals surface area contributed by atoms with Gasteiger partial charge < -0.3 is 14.7 Å². The number of Topliss-reactive ketones (excluding diaryl/α,β-unsaturated/α-hetero) is 1. The molecular formula is C23H36N4O5S. The number of carbonyl (C=O) groups is 2. The van der Waals surface area contributed by atoms with Gasteiger partial charge in [0, 0.05) is 31.0 Å². The number of nitrogens with one attached hydrogen (secondary N) is 1. The van der Waals surface area contributed by atoms with Gasteiger partial charge in [-0.25, -0.2) is 8.42 Å². The van der Waals surface area contributed by atoms with Crippen LogP contribution in [0.2, 0.25) is 0 Å². The van der Waals surface area contributed by atoms with Gasteiger partial charge in [0.2, 0.25) is 15.9 Å². The van der Waals surface area contributed by atoms with Crippen LogP contribution in [-0.2, 0) is 19.6 Å². The van der Waals surface area contributed by atoms with E-state index in [1.54, 1.807) is 13.0 Å². The average Bonchev–Trinajstić information content (AvgIpc) is 3.32. The minimum atomic E-state index is -3.86. The van der Waals surface area contributed by atoms with Gasteiger partial charge in [-0.2, -0.15) is 4.31 Å². The predicted octanol–water partition coefficient (Wildman–Crippen LogP) is 2.43. The van der Waals surface area contributed by atoms with E-state index in [4.69, 9.17) is 4.52 Å². The summed E-state index contributed by atoms with van der Waals surface area (Å²) in [5.74, 6) is 0.418. The number of nitrogens with zero attached hydrogens (tertiary/aromatic N) is 3. The quantitative estimate of drug-likeness (QED) is 0.577. The summed E-state index contributed by atoms with van der Waals surface area (Å²) in [6.45, 7) is 8.14. The zero-order valence-electron chi connectivity index (χ0n) is 19.9. The van der Waals surface area contributed by atoms with E-state index >= 15 is 0 Å². The Balaban J connectivity index is 1.51. The highest BCUT2D eigenvalue weighted by Crippen LogP contribution is 2.64. The number of piperidine rings is 1. The number of hydrogen-bond donors (Lipinski definition) is 1. The molecular weight excluding hydrogens is 444 g/mol. The summed E-state index contributed by atoms with van der Waals surface area (Å²) < 4.78 is 33.7. The summed E-state index contributed by atoms with van der Waals surface area (Å²) in [6.07, 6.45) is 5.35. The molecule has 33 heavy (non-hydrogen) atoms. The number of anilines is 1. The fraction of sp³-hybridized carbons (Fsp3) is 0.783. The third kappa shape index (κ3) is 4.74. The number of sulfonamides is 1. The Bertz CT molecular complexity index is 998. The van der Waals surface area contributed by atoms with E-state index in [-0.39, 0.29) is 41.8 Å². The number of fused-ring (bicyclic) bond motifs is 2. The van der Waals surface area contributed by atoms with Gasteiger partial charge in [-0.1, -0.05) is 25.4 Å². The maximum absolute atomic E-state index is 13.7. The first kappa shape index (κ1) is 24.3. The van der Waals surface area contributed by atoms with Crippen molar-refractivity contribution in [2.24, 2.45) is 16.7 Å². The minimum absolute atomic E-state index is 0.0610. The number of aryl methyl sites for hydroxylation is 1. The van der Waals surface area contributed by atoms with E-state index in [2.05, 4.69) is 15.4 Å². The maximum atomic E-state index is 13.7. The summed E-state index contributed by atoms with van der Waals surface area (Å²) in [7, 11) is -3.86. The monoisotopic (exact) mass is 480 g/mol. The summed E-state index contributed by atoms with van der Waals surface area (Å²) in [5.41, 5.74) is -1.21. The van der Waals surface area contributed by atoms with Gasteiger partial charge in [-0.15, -0.1) is 0 Å². The first-order valence-corrected chi connectivity index (χ1v) is 13.6. The third-order valence-electron chi connectivity index (χ3n) is 8.29. The standard InChI is InChI=1S/C23H36N4O5S/c1-17-13-20(25-32-17)24-21(29)15-27(12-11-26-9-5-4-6-10-26)33(30,31)16-23-8-7-18(14-19(23)28)22(23,2)3/h13,18H,4-12,14-16H2,1-3H3,(H,24,25,29). The second kappa shape index (κ2) is 9.11. The molecule has 2 atom stereocenters. The molecule has 10 heteroatoms. The van der Waals surface area contributed by atoms with Crippen molar-refractivity contribution in [2.75, 3.05) is 43.8 Å². The van der Waals surface area contributed by atoms with E-state index in [9.17, 15) is 18.0 Å². The first-order valence-electron chi connectivity index (χ1n) is 12.0. The van der Waals surface area contributed by atoms with Crippen molar-refractivity contribution < 1.29 is 22.5 Å². The number of likely N-dealkylation sites (tertiary alicyclic amines) is 1. The smallest absolute Gasteiger partial charge is 0.240 e. The summed E-state index contributed by atoms with van der Waals surface area (Å²) in [5, 5.41) is 6.38. The van der Waals surface area contributed by atoms with Crippen molar-refractivity contribution in [3.8, 4) is 0 Å². The van der Waals surface area contributed by atoms with Gasteiger partial charge in [0.15, 0.2) is 5.82 Å². The molecule has 2 heterocycles. The second-order valence-corrected chi connectivity index (χ2v) is 12.5. The van der Waals surface area contributed by atoms with Gasteiger partial charge in [0.05, 0.1) is 12.3 Å². The molecule has 3 fully saturated rings. The van der Waals surface area contributed by atoms with E-state index < -0.39 is 21.3 Å². The zero-order chi connectivity index (χ0) is 23.9. The van der Waals surface area contributed by atoms with Gasteiger partial charge in [0.1, 0.15) is 11.5 Å². The molecule has 1 amide bonds. The number of amides is 1. The van der Waals surface area contributed by atoms with Crippen molar-refractivity contribution in [3.05, 3.63) is 11.8 Å². The normalized spacial score (nSPS) is 27.4. The summed E-state index contributed by atoms with van der Waals surface area (Å²) in [4.78, 5) is 27.9. The molecule has 2 saturated carbocycles. The molecule has 3 aliphatic rings. The molecule has 0 spiro atoms. The molecule has 2 bridgehead atoms. The number of aromatic nitrogens is 1. The van der Waals surface area contributed by atoms with E-state index in [0.29, 0.717) is 25.1 Å². The van der Waals surface area contributed by atoms with Crippen LogP contribution in [0.1, 0.15) is 58.1 Å². The average molecular weight is 481 g/mol. The summed E-state index contributed by atoms with van der Waals surface area (Å²) >= 11 is 0. The Morgan fingerprint density at radius 1 is 1.30 bits per heavy atom. The molecule has 1 aromatic heterocycles. The Hall–Kier alpha value is -1.78. The van der Waals surface area contributed by atoms with Crippen molar-refractivity contribution in [2.45, 2.75) is 59.3 Å². The van der Waals surface area contributed by atoms with Crippen LogP contribution in [0.15, 0.2) is 10.6 Å².